The summed E-state index contributed by atoms with van der Waals surface area (Å²) in [6, 6.07) is 10.1. The van der Waals surface area contributed by atoms with Gasteiger partial charge in [-0.05, 0) is 43.7 Å². The first-order chi connectivity index (χ1) is 11.1. The van der Waals surface area contributed by atoms with Crippen molar-refractivity contribution in [1.29, 1.82) is 5.26 Å². The minimum atomic E-state index is 0.171. The Kier molecular flexibility index (Phi) is 4.35. The molecule has 0 amide bonds. The van der Waals surface area contributed by atoms with E-state index in [1.54, 1.807) is 0 Å². The molecule has 5 nitrogen and oxygen atoms in total. The summed E-state index contributed by atoms with van der Waals surface area (Å²) in [6.07, 6.45) is 4.02. The smallest absolute Gasteiger partial charge is 0.0991 e. The van der Waals surface area contributed by atoms with Crippen LogP contribution in [-0.4, -0.2) is 34.6 Å². The summed E-state index contributed by atoms with van der Waals surface area (Å²) < 4.78 is 1.97. The van der Waals surface area contributed by atoms with Crippen LogP contribution in [0.5, 0.6) is 0 Å². The van der Waals surface area contributed by atoms with Gasteiger partial charge in [-0.3, -0.25) is 4.68 Å². The largest absolute Gasteiger partial charge is 0.396 e. The highest BCUT2D eigenvalue weighted by Gasteiger charge is 2.34. The van der Waals surface area contributed by atoms with Crippen molar-refractivity contribution in [1.82, 2.24) is 9.78 Å². The Hall–Kier alpha value is -2.32. The lowest BCUT2D eigenvalue weighted by molar-refractivity contribution is 0.227. The van der Waals surface area contributed by atoms with Crippen molar-refractivity contribution in [3.8, 4) is 6.07 Å². The summed E-state index contributed by atoms with van der Waals surface area (Å²) in [7, 11) is 0. The molecule has 0 radical (unpaired) electrons. The van der Waals surface area contributed by atoms with Gasteiger partial charge in [0.2, 0.25) is 0 Å². The summed E-state index contributed by atoms with van der Waals surface area (Å²) in [5, 5.41) is 23.1. The topological polar surface area (TPSA) is 65.1 Å². The maximum atomic E-state index is 9.76. The maximum absolute atomic E-state index is 9.76. The number of nitrogens with zero attached hydrogens (tertiary/aromatic N) is 4. The Morgan fingerprint density at radius 3 is 2.61 bits per heavy atom. The third-order valence-corrected chi connectivity index (χ3v) is 4.62. The van der Waals surface area contributed by atoms with Gasteiger partial charge in [-0.1, -0.05) is 0 Å². The lowest BCUT2D eigenvalue weighted by atomic mass is 9.92. The third-order valence-electron chi connectivity index (χ3n) is 4.62. The van der Waals surface area contributed by atoms with Crippen LogP contribution in [0.3, 0.4) is 0 Å². The highest BCUT2D eigenvalue weighted by atomic mass is 16.3. The van der Waals surface area contributed by atoms with Crippen molar-refractivity contribution < 1.29 is 5.11 Å². The molecule has 120 valence electrons. The number of hydrogen-bond donors (Lipinski definition) is 1. The normalized spacial score (nSPS) is 20.9. The van der Waals surface area contributed by atoms with Crippen molar-refractivity contribution >= 4 is 5.69 Å². The van der Waals surface area contributed by atoms with E-state index < -0.39 is 0 Å². The Labute approximate surface area is 136 Å². The number of nitriles is 1. The first-order valence-electron chi connectivity index (χ1n) is 8.02. The van der Waals surface area contributed by atoms with Crippen molar-refractivity contribution in [2.75, 3.05) is 24.6 Å². The molecule has 23 heavy (non-hydrogen) atoms. The van der Waals surface area contributed by atoms with Gasteiger partial charge in [-0.2, -0.15) is 10.4 Å². The van der Waals surface area contributed by atoms with Crippen LogP contribution < -0.4 is 4.90 Å². The van der Waals surface area contributed by atoms with Crippen LogP contribution in [0, 0.1) is 17.2 Å². The second-order valence-corrected chi connectivity index (χ2v) is 6.46. The molecule has 5 heteroatoms. The summed E-state index contributed by atoms with van der Waals surface area (Å²) in [5.41, 5.74) is 2.96. The minimum Gasteiger partial charge on any atom is -0.396 e. The Morgan fingerprint density at radius 2 is 2.04 bits per heavy atom. The molecule has 2 heterocycles. The molecular weight excluding hydrogens is 288 g/mol. The van der Waals surface area contributed by atoms with Crippen LogP contribution in [0.15, 0.2) is 36.7 Å². The molecule has 0 spiro atoms. The third kappa shape index (κ3) is 3.08. The summed E-state index contributed by atoms with van der Waals surface area (Å²) in [6.45, 7) is 6.07. The maximum Gasteiger partial charge on any atom is 0.0991 e. The van der Waals surface area contributed by atoms with Gasteiger partial charge in [-0.15, -0.1) is 0 Å². The molecule has 1 saturated heterocycles. The molecule has 0 unspecified atom stereocenters. The van der Waals surface area contributed by atoms with E-state index in [0.717, 1.165) is 18.8 Å². The van der Waals surface area contributed by atoms with E-state index in [9.17, 15) is 5.11 Å². The number of benzene rings is 1. The molecule has 2 atom stereocenters. The van der Waals surface area contributed by atoms with Gasteiger partial charge in [0.15, 0.2) is 0 Å². The van der Waals surface area contributed by atoms with Crippen molar-refractivity contribution in [2.45, 2.75) is 25.8 Å². The number of hydrogen-bond acceptors (Lipinski definition) is 4. The fourth-order valence-corrected chi connectivity index (χ4v) is 3.22. The first kappa shape index (κ1) is 15.6. The van der Waals surface area contributed by atoms with E-state index in [1.807, 2.05) is 35.1 Å². The van der Waals surface area contributed by atoms with Gasteiger partial charge < -0.3 is 10.0 Å². The number of aromatic nitrogens is 2. The summed E-state index contributed by atoms with van der Waals surface area (Å²) in [5.74, 6) is 0.485. The number of aliphatic hydroxyl groups is 1. The van der Waals surface area contributed by atoms with Crippen LogP contribution in [0.2, 0.25) is 0 Å². The fourth-order valence-electron chi connectivity index (χ4n) is 3.22. The quantitative estimate of drug-likeness (QED) is 0.942. The summed E-state index contributed by atoms with van der Waals surface area (Å²) in [4.78, 5) is 2.28. The monoisotopic (exact) mass is 310 g/mol. The van der Waals surface area contributed by atoms with Crippen molar-refractivity contribution in [3.05, 3.63) is 47.8 Å². The van der Waals surface area contributed by atoms with E-state index in [1.165, 1.54) is 5.56 Å². The van der Waals surface area contributed by atoms with E-state index in [4.69, 9.17) is 5.26 Å². The molecule has 0 bridgehead atoms. The van der Waals surface area contributed by atoms with Gasteiger partial charge in [0, 0.05) is 49.5 Å². The molecule has 1 N–H and O–H groups in total. The highest BCUT2D eigenvalue weighted by molar-refractivity contribution is 5.51. The SMILES string of the molecule is CC(C)n1cc([C@@H]2CN(c3ccc(C#N)cc3)C[C@H]2CO)cn1. The first-order valence-corrected chi connectivity index (χ1v) is 8.02. The van der Waals surface area contributed by atoms with Gasteiger partial charge in [0.05, 0.1) is 17.8 Å². The van der Waals surface area contributed by atoms with Gasteiger partial charge >= 0.3 is 0 Å². The van der Waals surface area contributed by atoms with Crippen LogP contribution in [0.25, 0.3) is 0 Å². The molecule has 3 rings (SSSR count). The van der Waals surface area contributed by atoms with Crippen LogP contribution in [0.1, 0.15) is 36.9 Å². The van der Waals surface area contributed by atoms with Crippen LogP contribution >= 0.6 is 0 Å². The van der Waals surface area contributed by atoms with E-state index in [-0.39, 0.29) is 18.4 Å². The average molecular weight is 310 g/mol. The van der Waals surface area contributed by atoms with Crippen LogP contribution in [-0.2, 0) is 0 Å². The predicted molar refractivity (Wildman–Crippen MR) is 89.3 cm³/mol. The molecular formula is C18H22N4O. The number of anilines is 1. The fraction of sp³-hybridized carbons (Fsp3) is 0.444. The minimum absolute atomic E-state index is 0.171. The Morgan fingerprint density at radius 1 is 1.30 bits per heavy atom. The number of aliphatic hydroxyl groups excluding tert-OH is 1. The lowest BCUT2D eigenvalue weighted by Crippen LogP contribution is -2.20. The van der Waals surface area contributed by atoms with E-state index >= 15 is 0 Å². The van der Waals surface area contributed by atoms with Gasteiger partial charge in [0.25, 0.3) is 0 Å². The summed E-state index contributed by atoms with van der Waals surface area (Å²) >= 11 is 0. The average Bonchev–Trinajstić information content (AvgIpc) is 3.21. The second kappa shape index (κ2) is 6.43. The molecule has 2 aromatic rings. The lowest BCUT2D eigenvalue weighted by Gasteiger charge is -2.18. The molecule has 0 aliphatic carbocycles. The Bertz CT molecular complexity index is 699. The number of rotatable bonds is 4. The second-order valence-electron chi connectivity index (χ2n) is 6.46. The molecule has 1 aromatic heterocycles. The zero-order chi connectivity index (χ0) is 16.4. The Balaban J connectivity index is 1.80. The molecule has 1 aliphatic heterocycles. The standard InChI is InChI=1S/C18H22N4O/c1-13(2)22-10-15(8-20-22)18-11-21(9-16(18)12-23)17-5-3-14(7-19)4-6-17/h3-6,8,10,13,16,18,23H,9,11-12H2,1-2H3/t16-,18-/m0/s1. The van der Waals surface area contributed by atoms with Gasteiger partial charge in [-0.25, -0.2) is 0 Å². The molecule has 0 saturated carbocycles. The van der Waals surface area contributed by atoms with Crippen LogP contribution in [0.4, 0.5) is 5.69 Å². The van der Waals surface area contributed by atoms with Crippen molar-refractivity contribution in [2.24, 2.45) is 5.92 Å². The van der Waals surface area contributed by atoms with Gasteiger partial charge in [0.1, 0.15) is 0 Å². The molecule has 1 fully saturated rings. The van der Waals surface area contributed by atoms with E-state index in [2.05, 4.69) is 36.1 Å². The molecule has 1 aromatic carbocycles. The van der Waals surface area contributed by atoms with E-state index in [0.29, 0.717) is 11.6 Å². The highest BCUT2D eigenvalue weighted by Crippen LogP contribution is 2.35. The zero-order valence-corrected chi connectivity index (χ0v) is 13.6. The molecule has 1 aliphatic rings. The van der Waals surface area contributed by atoms with Crippen molar-refractivity contribution in [3.63, 3.8) is 0 Å². The zero-order valence-electron chi connectivity index (χ0n) is 13.6. The predicted octanol–water partition coefficient (Wildman–Crippen LogP) is 2.55.